The number of carbonyl (C=O) groups is 2. The van der Waals surface area contributed by atoms with Crippen LogP contribution in [-0.4, -0.2) is 43.4 Å². The van der Waals surface area contributed by atoms with Gasteiger partial charge in [0.15, 0.2) is 0 Å². The van der Waals surface area contributed by atoms with Crippen LogP contribution in [0, 0.1) is 17.3 Å². The number of likely N-dealkylation sites (tertiary alicyclic amines) is 1. The molecule has 1 aliphatic rings. The molecule has 5 heteroatoms. The van der Waals surface area contributed by atoms with Gasteiger partial charge >= 0.3 is 0 Å². The molecule has 0 saturated carbocycles. The molecule has 3 N–H and O–H groups in total. The summed E-state index contributed by atoms with van der Waals surface area (Å²) in [6.45, 7) is 7.63. The van der Waals surface area contributed by atoms with E-state index in [2.05, 4.69) is 19.2 Å². The van der Waals surface area contributed by atoms with E-state index in [1.54, 1.807) is 11.9 Å². The highest BCUT2D eigenvalue weighted by Gasteiger charge is 2.42. The Morgan fingerprint density at radius 3 is 2.53 bits per heavy atom. The monoisotopic (exact) mass is 269 g/mol. The lowest BCUT2D eigenvalue weighted by Crippen LogP contribution is -2.43. The summed E-state index contributed by atoms with van der Waals surface area (Å²) in [6.07, 6.45) is 1.53. The molecule has 0 aromatic carbocycles. The third kappa shape index (κ3) is 3.69. The zero-order chi connectivity index (χ0) is 14.6. The van der Waals surface area contributed by atoms with Crippen molar-refractivity contribution in [3.05, 3.63) is 0 Å². The van der Waals surface area contributed by atoms with Gasteiger partial charge in [-0.25, -0.2) is 0 Å². The topological polar surface area (TPSA) is 75.4 Å². The van der Waals surface area contributed by atoms with Crippen LogP contribution in [0.15, 0.2) is 0 Å². The van der Waals surface area contributed by atoms with Crippen LogP contribution in [0.25, 0.3) is 0 Å². The fraction of sp³-hybridized carbons (Fsp3) is 0.857. The van der Waals surface area contributed by atoms with E-state index in [4.69, 9.17) is 5.73 Å². The van der Waals surface area contributed by atoms with Crippen LogP contribution in [0.3, 0.4) is 0 Å². The molecule has 1 rings (SSSR count). The SMILES string of the molecule is CNC(=O)C1(C)CCN(C(=O)C(CN)CC(C)C)C1. The number of amides is 2. The van der Waals surface area contributed by atoms with Gasteiger partial charge < -0.3 is 16.0 Å². The quantitative estimate of drug-likeness (QED) is 0.767. The van der Waals surface area contributed by atoms with Crippen LogP contribution in [0.5, 0.6) is 0 Å². The van der Waals surface area contributed by atoms with Crippen LogP contribution in [0.1, 0.15) is 33.6 Å². The van der Waals surface area contributed by atoms with E-state index in [9.17, 15) is 9.59 Å². The normalized spacial score (nSPS) is 24.6. The van der Waals surface area contributed by atoms with Gasteiger partial charge in [0.1, 0.15) is 0 Å². The highest BCUT2D eigenvalue weighted by molar-refractivity contribution is 5.85. The number of hydrogen-bond donors (Lipinski definition) is 2. The van der Waals surface area contributed by atoms with Crippen LogP contribution in [-0.2, 0) is 9.59 Å². The molecule has 1 aliphatic heterocycles. The number of hydrogen-bond acceptors (Lipinski definition) is 3. The molecule has 0 spiro atoms. The maximum absolute atomic E-state index is 12.4. The smallest absolute Gasteiger partial charge is 0.227 e. The Balaban J connectivity index is 2.67. The first kappa shape index (κ1) is 16.0. The van der Waals surface area contributed by atoms with Gasteiger partial charge in [-0.05, 0) is 25.7 Å². The molecule has 5 nitrogen and oxygen atoms in total. The summed E-state index contributed by atoms with van der Waals surface area (Å²) in [7, 11) is 1.64. The number of carbonyl (C=O) groups excluding carboxylic acids is 2. The summed E-state index contributed by atoms with van der Waals surface area (Å²) in [5.41, 5.74) is 5.26. The van der Waals surface area contributed by atoms with Gasteiger partial charge in [-0.2, -0.15) is 0 Å². The van der Waals surface area contributed by atoms with E-state index in [0.717, 1.165) is 12.8 Å². The van der Waals surface area contributed by atoms with Crippen molar-refractivity contribution in [1.82, 2.24) is 10.2 Å². The van der Waals surface area contributed by atoms with Crippen molar-refractivity contribution in [2.75, 3.05) is 26.7 Å². The highest BCUT2D eigenvalue weighted by Crippen LogP contribution is 2.31. The van der Waals surface area contributed by atoms with E-state index in [0.29, 0.717) is 25.6 Å². The Hall–Kier alpha value is -1.10. The number of nitrogens with one attached hydrogen (secondary N) is 1. The molecule has 1 saturated heterocycles. The second kappa shape index (κ2) is 6.37. The molecule has 110 valence electrons. The average Bonchev–Trinajstić information content (AvgIpc) is 2.77. The molecule has 0 aliphatic carbocycles. The Kier molecular flexibility index (Phi) is 5.35. The predicted molar refractivity (Wildman–Crippen MR) is 75.4 cm³/mol. The van der Waals surface area contributed by atoms with Crippen LogP contribution >= 0.6 is 0 Å². The van der Waals surface area contributed by atoms with Crippen molar-refractivity contribution in [3.63, 3.8) is 0 Å². The summed E-state index contributed by atoms with van der Waals surface area (Å²) in [5, 5.41) is 2.68. The summed E-state index contributed by atoms with van der Waals surface area (Å²) < 4.78 is 0. The van der Waals surface area contributed by atoms with E-state index >= 15 is 0 Å². The maximum atomic E-state index is 12.4. The van der Waals surface area contributed by atoms with Crippen molar-refractivity contribution in [1.29, 1.82) is 0 Å². The predicted octanol–water partition coefficient (Wildman–Crippen LogP) is 0.592. The van der Waals surface area contributed by atoms with Crippen LogP contribution < -0.4 is 11.1 Å². The molecule has 19 heavy (non-hydrogen) atoms. The maximum Gasteiger partial charge on any atom is 0.227 e. The van der Waals surface area contributed by atoms with E-state index in [1.165, 1.54) is 0 Å². The third-order valence-electron chi connectivity index (χ3n) is 3.95. The molecule has 0 aromatic heterocycles. The summed E-state index contributed by atoms with van der Waals surface area (Å²) in [5.74, 6) is 0.442. The van der Waals surface area contributed by atoms with Gasteiger partial charge in [-0.15, -0.1) is 0 Å². The summed E-state index contributed by atoms with van der Waals surface area (Å²) >= 11 is 0. The Bertz CT molecular complexity index is 344. The third-order valence-corrected chi connectivity index (χ3v) is 3.95. The van der Waals surface area contributed by atoms with Gasteiger partial charge in [0.25, 0.3) is 0 Å². The standard InChI is InChI=1S/C14H27N3O2/c1-10(2)7-11(8-15)12(18)17-6-5-14(3,9-17)13(19)16-4/h10-11H,5-9,15H2,1-4H3,(H,16,19). The molecule has 1 fully saturated rings. The minimum Gasteiger partial charge on any atom is -0.359 e. The van der Waals surface area contributed by atoms with E-state index < -0.39 is 5.41 Å². The van der Waals surface area contributed by atoms with Gasteiger partial charge in [0.2, 0.25) is 11.8 Å². The molecular formula is C14H27N3O2. The first-order chi connectivity index (χ1) is 8.84. The first-order valence-electron chi connectivity index (χ1n) is 7.05. The Labute approximate surface area is 115 Å². The molecule has 2 atom stereocenters. The fourth-order valence-corrected chi connectivity index (χ4v) is 2.76. The van der Waals surface area contributed by atoms with Gasteiger partial charge in [0, 0.05) is 26.7 Å². The lowest BCUT2D eigenvalue weighted by atomic mass is 9.89. The average molecular weight is 269 g/mol. The summed E-state index contributed by atoms with van der Waals surface area (Å²) in [4.78, 5) is 26.1. The number of rotatable bonds is 5. The number of nitrogens with two attached hydrogens (primary N) is 1. The minimum atomic E-state index is -0.457. The molecule has 2 unspecified atom stereocenters. The lowest BCUT2D eigenvalue weighted by Gasteiger charge is -2.26. The van der Waals surface area contributed by atoms with E-state index in [-0.39, 0.29) is 17.7 Å². The van der Waals surface area contributed by atoms with Gasteiger partial charge in [0.05, 0.1) is 11.3 Å². The largest absolute Gasteiger partial charge is 0.359 e. The van der Waals surface area contributed by atoms with Gasteiger partial charge in [-0.3, -0.25) is 9.59 Å². The van der Waals surface area contributed by atoms with Crippen molar-refractivity contribution in [2.24, 2.45) is 23.0 Å². The number of nitrogens with zero attached hydrogens (tertiary/aromatic N) is 1. The minimum absolute atomic E-state index is 0.0101. The zero-order valence-corrected chi connectivity index (χ0v) is 12.5. The Morgan fingerprint density at radius 1 is 1.42 bits per heavy atom. The Morgan fingerprint density at radius 2 is 2.05 bits per heavy atom. The summed E-state index contributed by atoms with van der Waals surface area (Å²) in [6, 6.07) is 0. The van der Waals surface area contributed by atoms with Crippen molar-refractivity contribution >= 4 is 11.8 Å². The zero-order valence-electron chi connectivity index (χ0n) is 12.5. The molecule has 1 heterocycles. The van der Waals surface area contributed by atoms with Crippen molar-refractivity contribution < 1.29 is 9.59 Å². The van der Waals surface area contributed by atoms with Crippen LogP contribution in [0.4, 0.5) is 0 Å². The van der Waals surface area contributed by atoms with Crippen molar-refractivity contribution in [2.45, 2.75) is 33.6 Å². The molecule has 2 amide bonds. The van der Waals surface area contributed by atoms with E-state index in [1.807, 2.05) is 6.92 Å². The molecular weight excluding hydrogens is 242 g/mol. The van der Waals surface area contributed by atoms with Crippen molar-refractivity contribution in [3.8, 4) is 0 Å². The lowest BCUT2D eigenvalue weighted by molar-refractivity contribution is -0.136. The molecule has 0 bridgehead atoms. The van der Waals surface area contributed by atoms with Gasteiger partial charge in [-0.1, -0.05) is 13.8 Å². The molecule has 0 aromatic rings. The first-order valence-corrected chi connectivity index (χ1v) is 7.05. The highest BCUT2D eigenvalue weighted by atomic mass is 16.2. The second-order valence-corrected chi connectivity index (χ2v) is 6.21. The second-order valence-electron chi connectivity index (χ2n) is 6.21. The molecule has 0 radical (unpaired) electrons. The fourth-order valence-electron chi connectivity index (χ4n) is 2.76. The van der Waals surface area contributed by atoms with Crippen LogP contribution in [0.2, 0.25) is 0 Å².